The maximum absolute atomic E-state index is 14.0. The molecule has 2 atom stereocenters. The van der Waals surface area contributed by atoms with Crippen molar-refractivity contribution in [1.82, 2.24) is 20.5 Å². The Morgan fingerprint density at radius 1 is 1.31 bits per heavy atom. The van der Waals surface area contributed by atoms with Gasteiger partial charge in [0.15, 0.2) is 17.6 Å². The average Bonchev–Trinajstić information content (AvgIpc) is 3.15. The molecule has 0 spiro atoms. The van der Waals surface area contributed by atoms with Gasteiger partial charge in [-0.05, 0) is 56.7 Å². The number of aliphatic imine (C=N–C) groups is 1. The van der Waals surface area contributed by atoms with Crippen LogP contribution in [0, 0.1) is 17.7 Å². The molecule has 162 valence electrons. The lowest BCUT2D eigenvalue weighted by atomic mass is 9.97. The van der Waals surface area contributed by atoms with Gasteiger partial charge in [-0.3, -0.25) is 4.99 Å². The molecule has 0 bridgehead atoms. The fourth-order valence-corrected chi connectivity index (χ4v) is 4.40. The van der Waals surface area contributed by atoms with Gasteiger partial charge in [-0.15, -0.1) is 0 Å². The number of hydrogen-bond donors (Lipinski definition) is 2. The van der Waals surface area contributed by atoms with E-state index in [1.165, 1.54) is 32.0 Å². The SMILES string of the molecule is CCNC(=NCC1CCCN(CC(C)C)C1)NC1CCN(c2ncccc2F)C1. The van der Waals surface area contributed by atoms with E-state index in [1.54, 1.807) is 12.3 Å². The summed E-state index contributed by atoms with van der Waals surface area (Å²) >= 11 is 0. The van der Waals surface area contributed by atoms with E-state index in [1.807, 2.05) is 4.90 Å². The van der Waals surface area contributed by atoms with E-state index in [4.69, 9.17) is 4.99 Å². The van der Waals surface area contributed by atoms with Crippen LogP contribution in [-0.4, -0.2) is 67.7 Å². The van der Waals surface area contributed by atoms with Crippen molar-refractivity contribution in [3.05, 3.63) is 24.1 Å². The molecule has 2 N–H and O–H groups in total. The van der Waals surface area contributed by atoms with Crippen LogP contribution in [0.15, 0.2) is 23.3 Å². The van der Waals surface area contributed by atoms with E-state index in [0.29, 0.717) is 17.7 Å². The van der Waals surface area contributed by atoms with Crippen LogP contribution in [0.4, 0.5) is 10.2 Å². The quantitative estimate of drug-likeness (QED) is 0.541. The molecule has 2 unspecified atom stereocenters. The van der Waals surface area contributed by atoms with Gasteiger partial charge in [0.05, 0.1) is 0 Å². The minimum Gasteiger partial charge on any atom is -0.357 e. The third-order valence-electron chi connectivity index (χ3n) is 5.65. The molecule has 0 aromatic carbocycles. The van der Waals surface area contributed by atoms with E-state index < -0.39 is 0 Å². The summed E-state index contributed by atoms with van der Waals surface area (Å²) in [5, 5.41) is 6.93. The van der Waals surface area contributed by atoms with Crippen molar-refractivity contribution in [2.75, 3.05) is 50.7 Å². The standard InChI is InChI=1S/C22H37FN6/c1-4-24-22(26-13-18-7-6-11-28(15-18)14-17(2)3)27-19-9-12-29(16-19)21-20(23)8-5-10-25-21/h5,8,10,17-19H,4,6-7,9,11-16H2,1-3H3,(H2,24,26,27). The molecule has 0 radical (unpaired) electrons. The van der Waals surface area contributed by atoms with Gasteiger partial charge >= 0.3 is 0 Å². The number of nitrogens with zero attached hydrogens (tertiary/aromatic N) is 4. The summed E-state index contributed by atoms with van der Waals surface area (Å²) in [4.78, 5) is 13.7. The highest BCUT2D eigenvalue weighted by Gasteiger charge is 2.26. The van der Waals surface area contributed by atoms with Gasteiger partial charge in [-0.25, -0.2) is 9.37 Å². The first-order valence-electron chi connectivity index (χ1n) is 11.2. The molecular weight excluding hydrogens is 367 g/mol. The lowest BCUT2D eigenvalue weighted by molar-refractivity contribution is 0.162. The summed E-state index contributed by atoms with van der Waals surface area (Å²) in [6.07, 6.45) is 5.13. The molecule has 2 aliphatic heterocycles. The zero-order chi connectivity index (χ0) is 20.6. The first-order chi connectivity index (χ1) is 14.0. The molecule has 0 saturated carbocycles. The number of guanidine groups is 1. The maximum atomic E-state index is 14.0. The highest BCUT2D eigenvalue weighted by Crippen LogP contribution is 2.21. The first-order valence-corrected chi connectivity index (χ1v) is 11.2. The summed E-state index contributed by atoms with van der Waals surface area (Å²) in [6, 6.07) is 3.35. The largest absolute Gasteiger partial charge is 0.357 e. The number of piperidine rings is 1. The number of nitrogens with one attached hydrogen (secondary N) is 2. The number of halogens is 1. The highest BCUT2D eigenvalue weighted by atomic mass is 19.1. The molecule has 1 aromatic rings. The van der Waals surface area contributed by atoms with Crippen LogP contribution in [0.25, 0.3) is 0 Å². The summed E-state index contributed by atoms with van der Waals surface area (Å²) < 4.78 is 14.0. The van der Waals surface area contributed by atoms with Crippen molar-refractivity contribution in [2.45, 2.75) is 46.1 Å². The molecule has 2 fully saturated rings. The Balaban J connectivity index is 1.52. The summed E-state index contributed by atoms with van der Waals surface area (Å²) in [5.74, 6) is 2.41. The van der Waals surface area contributed by atoms with Gasteiger partial charge in [-0.2, -0.15) is 0 Å². The number of rotatable bonds is 7. The maximum Gasteiger partial charge on any atom is 0.191 e. The van der Waals surface area contributed by atoms with Crippen molar-refractivity contribution >= 4 is 11.8 Å². The first kappa shape index (κ1) is 21.8. The number of aromatic nitrogens is 1. The summed E-state index contributed by atoms with van der Waals surface area (Å²) in [7, 11) is 0. The zero-order valence-electron chi connectivity index (χ0n) is 18.2. The third-order valence-corrected chi connectivity index (χ3v) is 5.65. The normalized spacial score (nSPS) is 23.6. The monoisotopic (exact) mass is 404 g/mol. The Labute approximate surface area is 175 Å². The number of pyridine rings is 1. The van der Waals surface area contributed by atoms with E-state index in [9.17, 15) is 4.39 Å². The fourth-order valence-electron chi connectivity index (χ4n) is 4.40. The Morgan fingerprint density at radius 3 is 2.93 bits per heavy atom. The van der Waals surface area contributed by atoms with Gasteiger partial charge in [-0.1, -0.05) is 13.8 Å². The topological polar surface area (TPSA) is 55.8 Å². The molecule has 0 aliphatic carbocycles. The van der Waals surface area contributed by atoms with Gasteiger partial charge in [0, 0.05) is 51.5 Å². The van der Waals surface area contributed by atoms with Crippen molar-refractivity contribution in [3.8, 4) is 0 Å². The number of anilines is 1. The van der Waals surface area contributed by atoms with Crippen LogP contribution in [0.5, 0.6) is 0 Å². The second-order valence-corrected chi connectivity index (χ2v) is 8.77. The lowest BCUT2D eigenvalue weighted by Crippen LogP contribution is -2.45. The van der Waals surface area contributed by atoms with Gasteiger partial charge < -0.3 is 20.4 Å². The molecule has 1 aromatic heterocycles. The Hall–Kier alpha value is -1.89. The van der Waals surface area contributed by atoms with Crippen LogP contribution >= 0.6 is 0 Å². The van der Waals surface area contributed by atoms with E-state index in [2.05, 4.69) is 41.3 Å². The molecule has 3 rings (SSSR count). The number of hydrogen-bond acceptors (Lipinski definition) is 4. The van der Waals surface area contributed by atoms with Crippen molar-refractivity contribution in [1.29, 1.82) is 0 Å². The minimum atomic E-state index is -0.253. The second kappa shape index (κ2) is 10.8. The van der Waals surface area contributed by atoms with E-state index >= 15 is 0 Å². The molecule has 7 heteroatoms. The van der Waals surface area contributed by atoms with Crippen molar-refractivity contribution < 1.29 is 4.39 Å². The second-order valence-electron chi connectivity index (χ2n) is 8.77. The molecular formula is C22H37FN6. The number of likely N-dealkylation sites (tertiary alicyclic amines) is 1. The molecule has 3 heterocycles. The van der Waals surface area contributed by atoms with E-state index in [-0.39, 0.29) is 11.9 Å². The highest BCUT2D eigenvalue weighted by molar-refractivity contribution is 5.80. The van der Waals surface area contributed by atoms with Gasteiger partial charge in [0.2, 0.25) is 0 Å². The van der Waals surface area contributed by atoms with Crippen molar-refractivity contribution in [2.24, 2.45) is 16.8 Å². The lowest BCUT2D eigenvalue weighted by Gasteiger charge is -2.33. The summed E-state index contributed by atoms with van der Waals surface area (Å²) in [6.45, 7) is 13.5. The minimum absolute atomic E-state index is 0.248. The fraction of sp³-hybridized carbons (Fsp3) is 0.727. The van der Waals surface area contributed by atoms with Crippen LogP contribution in [0.1, 0.15) is 40.0 Å². The Morgan fingerprint density at radius 2 is 2.17 bits per heavy atom. The van der Waals surface area contributed by atoms with Crippen LogP contribution in [-0.2, 0) is 0 Å². The Kier molecular flexibility index (Phi) is 8.09. The van der Waals surface area contributed by atoms with Crippen LogP contribution < -0.4 is 15.5 Å². The molecule has 0 amide bonds. The van der Waals surface area contributed by atoms with Crippen LogP contribution in [0.2, 0.25) is 0 Å². The predicted molar refractivity (Wildman–Crippen MR) is 118 cm³/mol. The average molecular weight is 405 g/mol. The van der Waals surface area contributed by atoms with Gasteiger partial charge in [0.1, 0.15) is 0 Å². The summed E-state index contributed by atoms with van der Waals surface area (Å²) in [5.41, 5.74) is 0. The third kappa shape index (κ3) is 6.56. The smallest absolute Gasteiger partial charge is 0.191 e. The molecule has 29 heavy (non-hydrogen) atoms. The predicted octanol–water partition coefficient (Wildman–Crippen LogP) is 2.72. The van der Waals surface area contributed by atoms with Crippen LogP contribution in [0.3, 0.4) is 0 Å². The Bertz CT molecular complexity index is 664. The van der Waals surface area contributed by atoms with E-state index in [0.717, 1.165) is 45.1 Å². The molecule has 6 nitrogen and oxygen atoms in total. The molecule has 2 saturated heterocycles. The molecule has 2 aliphatic rings. The van der Waals surface area contributed by atoms with Crippen molar-refractivity contribution in [3.63, 3.8) is 0 Å². The zero-order valence-corrected chi connectivity index (χ0v) is 18.2. The van der Waals surface area contributed by atoms with Gasteiger partial charge in [0.25, 0.3) is 0 Å².